The molecule has 1 N–H and O–H groups in total. The molecule has 4 rings (SSSR count). The number of nitrogens with one attached hydrogen (secondary N) is 1. The van der Waals surface area contributed by atoms with Crippen LogP contribution in [0, 0.1) is 0 Å². The van der Waals surface area contributed by atoms with Crippen molar-refractivity contribution in [2.45, 2.75) is 0 Å². The first kappa shape index (κ1) is 18.9. The van der Waals surface area contributed by atoms with Crippen LogP contribution in [-0.2, 0) is 4.57 Å². The zero-order valence-corrected chi connectivity index (χ0v) is 16.6. The van der Waals surface area contributed by atoms with Crippen LogP contribution in [0.25, 0.3) is 0 Å². The van der Waals surface area contributed by atoms with E-state index in [1.54, 1.807) is 18.2 Å². The predicted molar refractivity (Wildman–Crippen MR) is 120 cm³/mol. The molecule has 0 fully saturated rings. The molecule has 0 saturated carbocycles. The lowest BCUT2D eigenvalue weighted by Crippen LogP contribution is -2.30. The van der Waals surface area contributed by atoms with Gasteiger partial charge in [0.15, 0.2) is 7.14 Å². The van der Waals surface area contributed by atoms with Crippen molar-refractivity contribution in [3.05, 3.63) is 121 Å². The molecular weight excluding hydrogens is 377 g/mol. The van der Waals surface area contributed by atoms with E-state index in [1.165, 1.54) is 0 Å². The Labute approximate surface area is 170 Å². The second kappa shape index (κ2) is 8.30. The molecule has 0 aliphatic carbocycles. The molecule has 1 amide bonds. The summed E-state index contributed by atoms with van der Waals surface area (Å²) in [6.07, 6.45) is 0. The molecule has 4 aromatic carbocycles. The number of benzene rings is 4. The number of hydrogen-bond acceptors (Lipinski definition) is 2. The van der Waals surface area contributed by atoms with Crippen LogP contribution in [0.4, 0.5) is 5.69 Å². The van der Waals surface area contributed by atoms with E-state index in [0.29, 0.717) is 27.2 Å². The molecule has 0 heterocycles. The first-order valence-corrected chi connectivity index (χ1v) is 11.1. The highest BCUT2D eigenvalue weighted by atomic mass is 31.2. The fraction of sp³-hybridized carbons (Fsp3) is 0. The van der Waals surface area contributed by atoms with Crippen molar-refractivity contribution in [1.29, 1.82) is 0 Å². The molecule has 0 aromatic heterocycles. The summed E-state index contributed by atoms with van der Waals surface area (Å²) in [5.74, 6) is -0.279. The van der Waals surface area contributed by atoms with Crippen LogP contribution in [0.1, 0.15) is 10.4 Å². The minimum Gasteiger partial charge on any atom is -0.322 e. The molecule has 0 unspecified atom stereocenters. The normalized spacial score (nSPS) is 11.0. The van der Waals surface area contributed by atoms with Crippen LogP contribution in [0.3, 0.4) is 0 Å². The van der Waals surface area contributed by atoms with Gasteiger partial charge in [-0.1, -0.05) is 97.1 Å². The Morgan fingerprint density at radius 3 is 1.59 bits per heavy atom. The molecule has 0 aliphatic heterocycles. The lowest BCUT2D eigenvalue weighted by molar-refractivity contribution is 0.102. The average molecular weight is 397 g/mol. The maximum Gasteiger partial charge on any atom is 0.256 e. The third kappa shape index (κ3) is 3.78. The van der Waals surface area contributed by atoms with Crippen molar-refractivity contribution in [2.75, 3.05) is 5.32 Å². The molecular formula is C25H20NO2P. The van der Waals surface area contributed by atoms with Crippen LogP contribution in [0.2, 0.25) is 0 Å². The van der Waals surface area contributed by atoms with Crippen LogP contribution in [0.5, 0.6) is 0 Å². The molecule has 0 radical (unpaired) electrons. The van der Waals surface area contributed by atoms with Gasteiger partial charge in [-0.3, -0.25) is 4.79 Å². The van der Waals surface area contributed by atoms with Gasteiger partial charge in [0.05, 0.1) is 5.56 Å². The summed E-state index contributed by atoms with van der Waals surface area (Å²) >= 11 is 0. The highest BCUT2D eigenvalue weighted by Gasteiger charge is 2.33. The van der Waals surface area contributed by atoms with Crippen LogP contribution >= 0.6 is 7.14 Å². The largest absolute Gasteiger partial charge is 0.322 e. The van der Waals surface area contributed by atoms with Crippen molar-refractivity contribution >= 4 is 34.7 Å². The first-order chi connectivity index (χ1) is 14.2. The molecule has 0 spiro atoms. The molecule has 142 valence electrons. The van der Waals surface area contributed by atoms with Crippen molar-refractivity contribution in [3.63, 3.8) is 0 Å². The number of para-hydroxylation sites is 1. The molecule has 0 aliphatic rings. The summed E-state index contributed by atoms with van der Waals surface area (Å²) in [4.78, 5) is 13.1. The quantitative estimate of drug-likeness (QED) is 0.501. The van der Waals surface area contributed by atoms with Gasteiger partial charge in [0, 0.05) is 21.6 Å². The minimum atomic E-state index is -3.23. The second-order valence-corrected chi connectivity index (χ2v) is 9.35. The van der Waals surface area contributed by atoms with E-state index in [2.05, 4.69) is 5.32 Å². The molecule has 0 saturated heterocycles. The fourth-order valence-electron chi connectivity index (χ4n) is 3.36. The lowest BCUT2D eigenvalue weighted by Gasteiger charge is -2.22. The van der Waals surface area contributed by atoms with Crippen molar-refractivity contribution < 1.29 is 9.36 Å². The van der Waals surface area contributed by atoms with Gasteiger partial charge in [0.2, 0.25) is 0 Å². The summed E-state index contributed by atoms with van der Waals surface area (Å²) in [5, 5.41) is 4.85. The van der Waals surface area contributed by atoms with Crippen LogP contribution in [-0.4, -0.2) is 5.91 Å². The van der Waals surface area contributed by atoms with Gasteiger partial charge in [0.1, 0.15) is 0 Å². The van der Waals surface area contributed by atoms with Gasteiger partial charge < -0.3 is 9.88 Å². The number of carbonyl (C=O) groups excluding carboxylic acids is 1. The average Bonchev–Trinajstić information content (AvgIpc) is 2.80. The van der Waals surface area contributed by atoms with E-state index >= 15 is 0 Å². The van der Waals surface area contributed by atoms with E-state index in [1.807, 2.05) is 97.1 Å². The Balaban J connectivity index is 1.87. The Hall–Kier alpha value is -3.42. The van der Waals surface area contributed by atoms with Crippen LogP contribution < -0.4 is 21.2 Å². The minimum absolute atomic E-state index is 0.279. The van der Waals surface area contributed by atoms with Gasteiger partial charge in [-0.05, 0) is 18.2 Å². The highest BCUT2D eigenvalue weighted by molar-refractivity contribution is 7.85. The van der Waals surface area contributed by atoms with E-state index < -0.39 is 7.14 Å². The Kier molecular flexibility index (Phi) is 5.41. The van der Waals surface area contributed by atoms with Gasteiger partial charge in [-0.2, -0.15) is 0 Å². The molecule has 4 heteroatoms. The van der Waals surface area contributed by atoms with E-state index in [4.69, 9.17) is 0 Å². The number of carbonyl (C=O) groups is 1. The Morgan fingerprint density at radius 1 is 0.586 bits per heavy atom. The van der Waals surface area contributed by atoms with E-state index in [9.17, 15) is 9.36 Å². The number of anilines is 1. The number of rotatable bonds is 5. The SMILES string of the molecule is O=C(Nc1ccccc1)c1ccccc1P(=O)(c1ccccc1)c1ccccc1. The lowest BCUT2D eigenvalue weighted by atomic mass is 10.2. The molecule has 0 bridgehead atoms. The van der Waals surface area contributed by atoms with Gasteiger partial charge in [-0.25, -0.2) is 0 Å². The standard InChI is InChI=1S/C25H20NO2P/c27-25(26-20-12-4-1-5-13-20)23-18-10-11-19-24(23)29(28,21-14-6-2-7-15-21)22-16-8-3-9-17-22/h1-19H,(H,26,27). The van der Waals surface area contributed by atoms with Crippen molar-refractivity contribution in [1.82, 2.24) is 0 Å². The summed E-state index contributed by atoms with van der Waals surface area (Å²) in [6, 6.07) is 35.1. The Morgan fingerprint density at radius 2 is 1.03 bits per heavy atom. The van der Waals surface area contributed by atoms with Gasteiger partial charge in [-0.15, -0.1) is 0 Å². The topological polar surface area (TPSA) is 46.2 Å². The maximum absolute atomic E-state index is 14.6. The smallest absolute Gasteiger partial charge is 0.256 e. The summed E-state index contributed by atoms with van der Waals surface area (Å²) in [7, 11) is -3.23. The Bertz CT molecular complexity index is 1120. The molecule has 29 heavy (non-hydrogen) atoms. The maximum atomic E-state index is 14.6. The highest BCUT2D eigenvalue weighted by Crippen LogP contribution is 2.43. The third-order valence-corrected chi connectivity index (χ3v) is 7.88. The third-order valence-electron chi connectivity index (χ3n) is 4.76. The van der Waals surface area contributed by atoms with E-state index in [-0.39, 0.29) is 5.91 Å². The number of amides is 1. The van der Waals surface area contributed by atoms with E-state index in [0.717, 1.165) is 0 Å². The second-order valence-electron chi connectivity index (χ2n) is 6.62. The molecule has 3 nitrogen and oxygen atoms in total. The zero-order valence-electron chi connectivity index (χ0n) is 15.7. The summed E-state index contributed by atoms with van der Waals surface area (Å²) < 4.78 is 14.6. The molecule has 4 aromatic rings. The fourth-order valence-corrected chi connectivity index (χ4v) is 6.21. The summed E-state index contributed by atoms with van der Waals surface area (Å²) in [6.45, 7) is 0. The molecule has 0 atom stereocenters. The zero-order chi connectivity index (χ0) is 20.1. The monoisotopic (exact) mass is 397 g/mol. The van der Waals surface area contributed by atoms with Crippen molar-refractivity contribution in [2.24, 2.45) is 0 Å². The van der Waals surface area contributed by atoms with Gasteiger partial charge in [0.25, 0.3) is 5.91 Å². The van der Waals surface area contributed by atoms with Gasteiger partial charge >= 0.3 is 0 Å². The number of hydrogen-bond donors (Lipinski definition) is 1. The predicted octanol–water partition coefficient (Wildman–Crippen LogP) is 4.58. The van der Waals surface area contributed by atoms with Crippen molar-refractivity contribution in [3.8, 4) is 0 Å². The summed E-state index contributed by atoms with van der Waals surface area (Å²) in [5.41, 5.74) is 1.11. The van der Waals surface area contributed by atoms with Crippen LogP contribution in [0.15, 0.2) is 115 Å². The first-order valence-electron chi connectivity index (χ1n) is 9.37.